The fourth-order valence-corrected chi connectivity index (χ4v) is 4.20. The number of nitriles is 1. The van der Waals surface area contributed by atoms with Crippen molar-refractivity contribution < 1.29 is 9.21 Å². The summed E-state index contributed by atoms with van der Waals surface area (Å²) in [6.45, 7) is 4.69. The molecule has 3 aromatic rings. The van der Waals surface area contributed by atoms with Gasteiger partial charge in [0, 0.05) is 24.3 Å². The summed E-state index contributed by atoms with van der Waals surface area (Å²) in [6, 6.07) is 5.76. The van der Waals surface area contributed by atoms with Crippen LogP contribution in [-0.2, 0) is 6.54 Å². The molecular formula is C20H21N5O2S. The Balaban J connectivity index is 1.51. The van der Waals surface area contributed by atoms with E-state index in [2.05, 4.69) is 21.3 Å². The molecule has 0 aromatic carbocycles. The van der Waals surface area contributed by atoms with Crippen LogP contribution < -0.4 is 5.32 Å². The zero-order valence-corrected chi connectivity index (χ0v) is 16.5. The Hall–Kier alpha value is -2.89. The number of anilines is 1. The van der Waals surface area contributed by atoms with Gasteiger partial charge in [0.15, 0.2) is 5.13 Å². The lowest BCUT2D eigenvalue weighted by Crippen LogP contribution is -2.29. The van der Waals surface area contributed by atoms with Gasteiger partial charge in [-0.25, -0.2) is 4.98 Å². The smallest absolute Gasteiger partial charge is 0.262 e. The lowest BCUT2D eigenvalue weighted by Gasteiger charge is -2.25. The normalized spacial score (nSPS) is 14.7. The van der Waals surface area contributed by atoms with Crippen LogP contribution in [-0.4, -0.2) is 33.4 Å². The van der Waals surface area contributed by atoms with Gasteiger partial charge in [-0.3, -0.25) is 19.6 Å². The van der Waals surface area contributed by atoms with E-state index in [1.807, 2.05) is 17.5 Å². The number of carbonyl (C=O) groups is 1. The molecule has 0 radical (unpaired) electrons. The first-order chi connectivity index (χ1) is 13.7. The van der Waals surface area contributed by atoms with Crippen molar-refractivity contribution in [2.75, 3.05) is 18.4 Å². The second-order valence-corrected chi connectivity index (χ2v) is 7.71. The van der Waals surface area contributed by atoms with Crippen LogP contribution in [0.5, 0.6) is 0 Å². The predicted octanol–water partition coefficient (Wildman–Crippen LogP) is 3.95. The molecule has 1 N–H and O–H groups in total. The van der Waals surface area contributed by atoms with Gasteiger partial charge < -0.3 is 4.42 Å². The molecule has 0 aliphatic carbocycles. The first-order valence-electron chi connectivity index (χ1n) is 9.30. The molecule has 1 fully saturated rings. The van der Waals surface area contributed by atoms with E-state index in [0.29, 0.717) is 16.8 Å². The van der Waals surface area contributed by atoms with Crippen LogP contribution in [0.3, 0.4) is 0 Å². The van der Waals surface area contributed by atoms with Gasteiger partial charge in [-0.1, -0.05) is 6.42 Å². The number of piperidine rings is 1. The van der Waals surface area contributed by atoms with Gasteiger partial charge in [-0.2, -0.15) is 5.26 Å². The minimum Gasteiger partial charge on any atom is -0.443 e. The standard InChI is InChI=1S/C20H21N5O2S/c1-14-17(16(11-21)19(27-14)25-9-5-6-10-25)18(26)23-20-22-15(13-28-20)12-24-7-3-2-4-8-24/h5-6,9-10,13H,2-4,7-8,12H2,1H3,(H,22,23,26). The minimum absolute atomic E-state index is 0.219. The monoisotopic (exact) mass is 395 g/mol. The van der Waals surface area contributed by atoms with E-state index < -0.39 is 0 Å². The molecule has 1 aliphatic heterocycles. The Morgan fingerprint density at radius 1 is 1.32 bits per heavy atom. The second-order valence-electron chi connectivity index (χ2n) is 6.85. The summed E-state index contributed by atoms with van der Waals surface area (Å²) in [6.07, 6.45) is 7.30. The first kappa shape index (κ1) is 18.5. The molecule has 4 rings (SSSR count). The van der Waals surface area contributed by atoms with E-state index in [9.17, 15) is 10.1 Å². The van der Waals surface area contributed by atoms with Crippen LogP contribution in [0.25, 0.3) is 5.88 Å². The maximum absolute atomic E-state index is 12.8. The van der Waals surface area contributed by atoms with Crippen LogP contribution in [0.2, 0.25) is 0 Å². The van der Waals surface area contributed by atoms with Gasteiger partial charge in [0.05, 0.1) is 5.69 Å². The predicted molar refractivity (Wildman–Crippen MR) is 107 cm³/mol. The number of hydrogen-bond acceptors (Lipinski definition) is 6. The molecule has 0 bridgehead atoms. The second kappa shape index (κ2) is 8.00. The summed E-state index contributed by atoms with van der Waals surface area (Å²) < 4.78 is 7.38. The number of thiazole rings is 1. The third-order valence-corrected chi connectivity index (χ3v) is 5.66. The third-order valence-electron chi connectivity index (χ3n) is 4.85. The van der Waals surface area contributed by atoms with Crippen molar-refractivity contribution in [3.05, 3.63) is 52.5 Å². The number of aromatic nitrogens is 2. The number of hydrogen-bond donors (Lipinski definition) is 1. The minimum atomic E-state index is -0.380. The Kier molecular flexibility index (Phi) is 5.28. The van der Waals surface area contributed by atoms with E-state index in [1.165, 1.54) is 30.6 Å². The highest BCUT2D eigenvalue weighted by molar-refractivity contribution is 7.14. The number of furan rings is 1. The molecule has 1 aliphatic rings. The third kappa shape index (κ3) is 3.72. The summed E-state index contributed by atoms with van der Waals surface area (Å²) >= 11 is 1.40. The zero-order valence-electron chi connectivity index (χ0n) is 15.6. The Labute approximate surface area is 167 Å². The van der Waals surface area contributed by atoms with Crippen LogP contribution in [0, 0.1) is 18.3 Å². The summed E-state index contributed by atoms with van der Waals surface area (Å²) in [5, 5.41) is 14.9. The summed E-state index contributed by atoms with van der Waals surface area (Å²) in [5.41, 5.74) is 1.43. The van der Waals surface area contributed by atoms with Crippen LogP contribution in [0.1, 0.15) is 46.6 Å². The molecule has 28 heavy (non-hydrogen) atoms. The van der Waals surface area contributed by atoms with Crippen molar-refractivity contribution in [1.29, 1.82) is 5.26 Å². The number of aryl methyl sites for hydroxylation is 1. The SMILES string of the molecule is Cc1oc(-n2cccc2)c(C#N)c1C(=O)Nc1nc(CN2CCCCC2)cs1. The number of nitrogens with zero attached hydrogens (tertiary/aromatic N) is 4. The fraction of sp³-hybridized carbons (Fsp3) is 0.350. The highest BCUT2D eigenvalue weighted by Crippen LogP contribution is 2.27. The number of rotatable bonds is 5. The topological polar surface area (TPSA) is 87.1 Å². The van der Waals surface area contributed by atoms with Crippen molar-refractivity contribution >= 4 is 22.4 Å². The Bertz CT molecular complexity index is 1010. The molecule has 7 nitrogen and oxygen atoms in total. The van der Waals surface area contributed by atoms with Crippen molar-refractivity contribution in [1.82, 2.24) is 14.5 Å². The number of carbonyl (C=O) groups excluding carboxylic acids is 1. The first-order valence-corrected chi connectivity index (χ1v) is 10.2. The summed E-state index contributed by atoms with van der Waals surface area (Å²) in [7, 11) is 0. The summed E-state index contributed by atoms with van der Waals surface area (Å²) in [5.74, 6) is 0.373. The Morgan fingerprint density at radius 2 is 2.07 bits per heavy atom. The van der Waals surface area contributed by atoms with Crippen molar-refractivity contribution in [2.24, 2.45) is 0 Å². The average Bonchev–Trinajstić information content (AvgIpc) is 3.42. The average molecular weight is 395 g/mol. The van der Waals surface area contributed by atoms with E-state index in [4.69, 9.17) is 4.42 Å². The van der Waals surface area contributed by atoms with Gasteiger partial charge in [0.25, 0.3) is 5.91 Å². The molecule has 4 heterocycles. The van der Waals surface area contributed by atoms with Gasteiger partial charge in [-0.05, 0) is 45.0 Å². The highest BCUT2D eigenvalue weighted by Gasteiger charge is 2.25. The molecule has 0 unspecified atom stereocenters. The van der Waals surface area contributed by atoms with Crippen molar-refractivity contribution in [3.63, 3.8) is 0 Å². The molecule has 3 aromatic heterocycles. The number of amides is 1. The molecule has 0 atom stereocenters. The molecule has 1 amide bonds. The maximum atomic E-state index is 12.8. The molecule has 0 spiro atoms. The van der Waals surface area contributed by atoms with E-state index in [-0.39, 0.29) is 17.0 Å². The number of nitrogens with one attached hydrogen (secondary N) is 1. The largest absolute Gasteiger partial charge is 0.443 e. The quantitative estimate of drug-likeness (QED) is 0.707. The van der Waals surface area contributed by atoms with Gasteiger partial charge in [0.2, 0.25) is 5.88 Å². The molecule has 144 valence electrons. The lowest BCUT2D eigenvalue weighted by atomic mass is 10.1. The van der Waals surface area contributed by atoms with E-state index in [1.54, 1.807) is 23.9 Å². The maximum Gasteiger partial charge on any atom is 0.262 e. The Morgan fingerprint density at radius 3 is 2.79 bits per heavy atom. The van der Waals surface area contributed by atoms with Gasteiger partial charge >= 0.3 is 0 Å². The van der Waals surface area contributed by atoms with Gasteiger partial charge in [-0.15, -0.1) is 11.3 Å². The van der Waals surface area contributed by atoms with Gasteiger partial charge in [0.1, 0.15) is 23.0 Å². The van der Waals surface area contributed by atoms with Crippen molar-refractivity contribution in [2.45, 2.75) is 32.7 Å². The summed E-state index contributed by atoms with van der Waals surface area (Å²) in [4.78, 5) is 19.7. The lowest BCUT2D eigenvalue weighted by molar-refractivity contribution is 0.102. The molecule has 0 saturated carbocycles. The number of likely N-dealkylation sites (tertiary alicyclic amines) is 1. The zero-order chi connectivity index (χ0) is 19.5. The molecule has 1 saturated heterocycles. The highest BCUT2D eigenvalue weighted by atomic mass is 32.1. The fourth-order valence-electron chi connectivity index (χ4n) is 3.50. The van der Waals surface area contributed by atoms with E-state index >= 15 is 0 Å². The van der Waals surface area contributed by atoms with E-state index in [0.717, 1.165) is 25.3 Å². The van der Waals surface area contributed by atoms with Crippen molar-refractivity contribution in [3.8, 4) is 12.0 Å². The molecule has 8 heteroatoms. The van der Waals surface area contributed by atoms with Crippen LogP contribution in [0.4, 0.5) is 5.13 Å². The van der Waals surface area contributed by atoms with Crippen LogP contribution >= 0.6 is 11.3 Å². The molecular weight excluding hydrogens is 374 g/mol. The van der Waals surface area contributed by atoms with Crippen LogP contribution in [0.15, 0.2) is 34.3 Å².